The van der Waals surface area contributed by atoms with Gasteiger partial charge in [-0.3, -0.25) is 0 Å². The van der Waals surface area contributed by atoms with Crippen LogP contribution in [0.2, 0.25) is 0 Å². The molecule has 17 heavy (non-hydrogen) atoms. The standard InChI is InChI=1S/C15H24N2/c1-3-15(16)13-6-8-14(9-7-13)17-10-4-5-12(2)11-17/h6-9,12,15H,3-5,10-11,16H2,1-2H3/t12?,15-/m0/s1. The van der Waals surface area contributed by atoms with Gasteiger partial charge in [-0.05, 0) is 42.9 Å². The highest BCUT2D eigenvalue weighted by Gasteiger charge is 2.16. The summed E-state index contributed by atoms with van der Waals surface area (Å²) in [6.45, 7) is 6.86. The van der Waals surface area contributed by atoms with Crippen LogP contribution >= 0.6 is 0 Å². The highest BCUT2D eigenvalue weighted by atomic mass is 15.1. The van der Waals surface area contributed by atoms with Gasteiger partial charge < -0.3 is 10.6 Å². The summed E-state index contributed by atoms with van der Waals surface area (Å²) in [6, 6.07) is 9.00. The van der Waals surface area contributed by atoms with Gasteiger partial charge in [-0.1, -0.05) is 26.0 Å². The van der Waals surface area contributed by atoms with E-state index < -0.39 is 0 Å². The van der Waals surface area contributed by atoms with E-state index in [1.165, 1.54) is 37.2 Å². The summed E-state index contributed by atoms with van der Waals surface area (Å²) in [5.74, 6) is 0.821. The minimum atomic E-state index is 0.185. The normalized spacial score (nSPS) is 22.5. The van der Waals surface area contributed by atoms with Crippen molar-refractivity contribution in [2.24, 2.45) is 11.7 Å². The topological polar surface area (TPSA) is 29.3 Å². The third-order valence-corrected chi connectivity index (χ3v) is 3.78. The van der Waals surface area contributed by atoms with Crippen molar-refractivity contribution in [3.05, 3.63) is 29.8 Å². The monoisotopic (exact) mass is 232 g/mol. The second-order valence-corrected chi connectivity index (χ2v) is 5.30. The number of anilines is 1. The first-order chi connectivity index (χ1) is 8.20. The molecule has 1 aromatic carbocycles. The van der Waals surface area contributed by atoms with E-state index in [0.29, 0.717) is 0 Å². The molecule has 2 rings (SSSR count). The number of nitrogens with zero attached hydrogens (tertiary/aromatic N) is 1. The Morgan fingerprint density at radius 1 is 1.35 bits per heavy atom. The zero-order valence-corrected chi connectivity index (χ0v) is 11.0. The predicted octanol–water partition coefficient (Wildman–Crippen LogP) is 3.33. The maximum Gasteiger partial charge on any atom is 0.0366 e. The minimum Gasteiger partial charge on any atom is -0.371 e. The lowest BCUT2D eigenvalue weighted by molar-refractivity contribution is 0.447. The Labute approximate surface area is 105 Å². The van der Waals surface area contributed by atoms with Crippen LogP contribution in [-0.2, 0) is 0 Å². The molecule has 94 valence electrons. The van der Waals surface area contributed by atoms with Crippen LogP contribution in [0.4, 0.5) is 5.69 Å². The third kappa shape index (κ3) is 3.01. The third-order valence-electron chi connectivity index (χ3n) is 3.78. The van der Waals surface area contributed by atoms with Crippen LogP contribution in [0.15, 0.2) is 24.3 Å². The van der Waals surface area contributed by atoms with E-state index in [1.54, 1.807) is 0 Å². The van der Waals surface area contributed by atoms with Crippen LogP contribution < -0.4 is 10.6 Å². The summed E-state index contributed by atoms with van der Waals surface area (Å²) in [7, 11) is 0. The van der Waals surface area contributed by atoms with Gasteiger partial charge in [0.1, 0.15) is 0 Å². The van der Waals surface area contributed by atoms with Crippen molar-refractivity contribution in [1.82, 2.24) is 0 Å². The first-order valence-electron chi connectivity index (χ1n) is 6.81. The molecule has 0 bridgehead atoms. The molecule has 1 aromatic rings. The molecule has 2 heteroatoms. The molecule has 2 N–H and O–H groups in total. The number of rotatable bonds is 3. The van der Waals surface area contributed by atoms with Gasteiger partial charge >= 0.3 is 0 Å². The molecule has 0 saturated carbocycles. The van der Waals surface area contributed by atoms with Crippen LogP contribution in [-0.4, -0.2) is 13.1 Å². The molecule has 1 saturated heterocycles. The second kappa shape index (κ2) is 5.54. The Morgan fingerprint density at radius 2 is 2.06 bits per heavy atom. The van der Waals surface area contributed by atoms with E-state index in [-0.39, 0.29) is 6.04 Å². The molecule has 0 aliphatic carbocycles. The minimum absolute atomic E-state index is 0.185. The zero-order chi connectivity index (χ0) is 12.3. The lowest BCUT2D eigenvalue weighted by Crippen LogP contribution is -2.34. The molecule has 1 heterocycles. The molecule has 2 atom stereocenters. The van der Waals surface area contributed by atoms with Gasteiger partial charge in [0.25, 0.3) is 0 Å². The lowest BCUT2D eigenvalue weighted by Gasteiger charge is -2.33. The zero-order valence-electron chi connectivity index (χ0n) is 11.0. The first kappa shape index (κ1) is 12.4. The van der Waals surface area contributed by atoms with E-state index in [2.05, 4.69) is 43.0 Å². The molecule has 1 aliphatic heterocycles. The Bertz CT molecular complexity index is 344. The fraction of sp³-hybridized carbons (Fsp3) is 0.600. The summed E-state index contributed by atoms with van der Waals surface area (Å²) in [5, 5.41) is 0. The molecule has 0 spiro atoms. The molecule has 0 amide bonds. The first-order valence-corrected chi connectivity index (χ1v) is 6.81. The van der Waals surface area contributed by atoms with E-state index in [1.807, 2.05) is 0 Å². The van der Waals surface area contributed by atoms with Crippen LogP contribution in [0.3, 0.4) is 0 Å². The van der Waals surface area contributed by atoms with Crippen LogP contribution in [0.1, 0.15) is 44.7 Å². The van der Waals surface area contributed by atoms with Crippen molar-refractivity contribution in [3.63, 3.8) is 0 Å². The summed E-state index contributed by atoms with van der Waals surface area (Å²) in [4.78, 5) is 2.50. The number of hydrogen-bond acceptors (Lipinski definition) is 2. The Hall–Kier alpha value is -1.02. The highest BCUT2D eigenvalue weighted by molar-refractivity contribution is 5.48. The van der Waals surface area contributed by atoms with E-state index in [4.69, 9.17) is 5.73 Å². The molecule has 0 aromatic heterocycles. The number of nitrogens with two attached hydrogens (primary N) is 1. The van der Waals surface area contributed by atoms with Crippen LogP contribution in [0.5, 0.6) is 0 Å². The van der Waals surface area contributed by atoms with Crippen molar-refractivity contribution >= 4 is 5.69 Å². The molecular formula is C15H24N2. The van der Waals surface area contributed by atoms with Crippen molar-refractivity contribution in [2.45, 2.75) is 39.2 Å². The average Bonchev–Trinajstić information content (AvgIpc) is 2.38. The number of benzene rings is 1. The van der Waals surface area contributed by atoms with Gasteiger partial charge in [0.05, 0.1) is 0 Å². The summed E-state index contributed by atoms with van der Waals surface area (Å²) in [6.07, 6.45) is 3.69. The average molecular weight is 232 g/mol. The van der Waals surface area contributed by atoms with E-state index in [9.17, 15) is 0 Å². The van der Waals surface area contributed by atoms with Crippen molar-refractivity contribution in [3.8, 4) is 0 Å². The van der Waals surface area contributed by atoms with Crippen molar-refractivity contribution in [2.75, 3.05) is 18.0 Å². The van der Waals surface area contributed by atoms with Gasteiger partial charge in [-0.2, -0.15) is 0 Å². The van der Waals surface area contributed by atoms with Gasteiger partial charge in [-0.25, -0.2) is 0 Å². The second-order valence-electron chi connectivity index (χ2n) is 5.30. The quantitative estimate of drug-likeness (QED) is 0.866. The fourth-order valence-corrected chi connectivity index (χ4v) is 2.59. The SMILES string of the molecule is CC[C@H](N)c1ccc(N2CCCC(C)C2)cc1. The Morgan fingerprint density at radius 3 is 2.65 bits per heavy atom. The number of piperidine rings is 1. The van der Waals surface area contributed by atoms with Crippen molar-refractivity contribution < 1.29 is 0 Å². The Kier molecular flexibility index (Phi) is 4.06. The predicted molar refractivity (Wildman–Crippen MR) is 74.3 cm³/mol. The van der Waals surface area contributed by atoms with E-state index >= 15 is 0 Å². The van der Waals surface area contributed by atoms with E-state index in [0.717, 1.165) is 12.3 Å². The largest absolute Gasteiger partial charge is 0.371 e. The summed E-state index contributed by atoms with van der Waals surface area (Å²) in [5.41, 5.74) is 8.63. The maximum absolute atomic E-state index is 6.03. The van der Waals surface area contributed by atoms with Crippen molar-refractivity contribution in [1.29, 1.82) is 0 Å². The maximum atomic E-state index is 6.03. The summed E-state index contributed by atoms with van der Waals surface area (Å²) < 4.78 is 0. The van der Waals surface area contributed by atoms with Crippen LogP contribution in [0, 0.1) is 5.92 Å². The number of hydrogen-bond donors (Lipinski definition) is 1. The molecule has 0 radical (unpaired) electrons. The molecule has 1 unspecified atom stereocenters. The highest BCUT2D eigenvalue weighted by Crippen LogP contribution is 2.24. The van der Waals surface area contributed by atoms with Gasteiger partial charge in [0.2, 0.25) is 0 Å². The Balaban J connectivity index is 2.06. The summed E-state index contributed by atoms with van der Waals surface area (Å²) >= 11 is 0. The van der Waals surface area contributed by atoms with Crippen LogP contribution in [0.25, 0.3) is 0 Å². The van der Waals surface area contributed by atoms with Gasteiger partial charge in [-0.15, -0.1) is 0 Å². The molecule has 1 aliphatic rings. The van der Waals surface area contributed by atoms with Gasteiger partial charge in [0, 0.05) is 24.8 Å². The molecule has 1 fully saturated rings. The van der Waals surface area contributed by atoms with Gasteiger partial charge in [0.15, 0.2) is 0 Å². The lowest BCUT2D eigenvalue weighted by atomic mass is 9.99. The molecule has 2 nitrogen and oxygen atoms in total. The molecular weight excluding hydrogens is 208 g/mol. The smallest absolute Gasteiger partial charge is 0.0366 e. The fourth-order valence-electron chi connectivity index (χ4n) is 2.59.